The van der Waals surface area contributed by atoms with E-state index < -0.39 is 97.5 Å². The van der Waals surface area contributed by atoms with Gasteiger partial charge in [-0.1, -0.05) is 267 Å². The fourth-order valence-electron chi connectivity index (χ4n) is 8.98. The largest absolute Gasteiger partial charge is 0.472 e. The van der Waals surface area contributed by atoms with Gasteiger partial charge in [0.2, 0.25) is 0 Å². The molecular formula is C83H130O17P2. The number of hydrogen-bond donors (Lipinski definition) is 3. The molecule has 19 heteroatoms. The molecule has 0 saturated carbocycles. The maximum absolute atomic E-state index is 13.1. The predicted molar refractivity (Wildman–Crippen MR) is 417 cm³/mol. The second-order valence-electron chi connectivity index (χ2n) is 24.1. The fourth-order valence-corrected chi connectivity index (χ4v) is 10.6. The summed E-state index contributed by atoms with van der Waals surface area (Å²) < 4.78 is 68.2. The van der Waals surface area contributed by atoms with Crippen LogP contribution in [0.5, 0.6) is 0 Å². The molecule has 0 fully saturated rings. The molecule has 5 atom stereocenters. The third kappa shape index (κ3) is 72.3. The molecule has 0 bridgehead atoms. The molecule has 5 unspecified atom stereocenters. The van der Waals surface area contributed by atoms with Crippen molar-refractivity contribution in [2.24, 2.45) is 0 Å². The molecule has 0 amide bonds. The number of hydrogen-bond acceptors (Lipinski definition) is 15. The normalized spacial score (nSPS) is 15.0. The Labute approximate surface area is 615 Å². The SMILES string of the molecule is CC/C=C\C/C=C\C/C=C\C/C=C\C/C=C\CC(=O)OCC(COP(=O)(O)OCC(O)COP(=O)(O)OCC(COC(=O)CCCCCC/C=C\C/C=C\C/C=C\C/C=C\CC)OC(=O)C/C=C\C/C=C\C/C=C\C/C=C\C/C=C\CC)OC(=O)CCCCCCC/C=C\C/C=C\CCCCC. The zero-order valence-electron chi connectivity index (χ0n) is 62.4. The van der Waals surface area contributed by atoms with Crippen LogP contribution in [0.1, 0.15) is 246 Å². The quantitative estimate of drug-likeness (QED) is 0.0169. The zero-order chi connectivity index (χ0) is 74.6. The number of aliphatic hydroxyl groups is 1. The molecule has 0 aliphatic carbocycles. The number of unbranched alkanes of at least 4 members (excludes halogenated alkanes) is 12. The Hall–Kier alpha value is -6.10. The minimum absolute atomic E-state index is 0.0489. The maximum Gasteiger partial charge on any atom is 0.472 e. The highest BCUT2D eigenvalue weighted by molar-refractivity contribution is 7.47. The van der Waals surface area contributed by atoms with Crippen molar-refractivity contribution in [2.75, 3.05) is 39.6 Å². The Kier molecular flexibility index (Phi) is 68.8. The third-order valence-corrected chi connectivity index (χ3v) is 16.5. The third-order valence-electron chi connectivity index (χ3n) is 14.6. The zero-order valence-corrected chi connectivity index (χ0v) is 64.2. The summed E-state index contributed by atoms with van der Waals surface area (Å²) in [5.74, 6) is -2.54. The molecule has 3 N–H and O–H groups in total. The molecule has 0 aliphatic heterocycles. The van der Waals surface area contributed by atoms with E-state index in [1.807, 2.05) is 30.4 Å². The van der Waals surface area contributed by atoms with Crippen LogP contribution in [0.3, 0.4) is 0 Å². The van der Waals surface area contributed by atoms with Gasteiger partial charge in [-0.15, -0.1) is 0 Å². The number of aliphatic hydroxyl groups excluding tert-OH is 1. The van der Waals surface area contributed by atoms with Crippen molar-refractivity contribution in [1.29, 1.82) is 0 Å². The Morgan fingerprint density at radius 3 is 0.912 bits per heavy atom. The van der Waals surface area contributed by atoms with Crippen LogP contribution in [0.2, 0.25) is 0 Å². The van der Waals surface area contributed by atoms with Crippen molar-refractivity contribution in [3.05, 3.63) is 194 Å². The number of ether oxygens (including phenoxy) is 4. The van der Waals surface area contributed by atoms with E-state index in [-0.39, 0.29) is 25.7 Å². The van der Waals surface area contributed by atoms with Gasteiger partial charge in [-0.05, 0) is 148 Å². The smallest absolute Gasteiger partial charge is 0.462 e. The highest BCUT2D eigenvalue weighted by Crippen LogP contribution is 2.45. The topological polar surface area (TPSA) is 237 Å². The summed E-state index contributed by atoms with van der Waals surface area (Å²) in [4.78, 5) is 72.7. The Morgan fingerprint density at radius 1 is 0.294 bits per heavy atom. The van der Waals surface area contributed by atoms with Gasteiger partial charge in [-0.2, -0.15) is 0 Å². The standard InChI is InChI=1S/C83H130O17P2/c1-5-9-13-17-21-25-29-33-37-38-42-44-48-52-56-60-64-68-81(86)94-74-79(100-83(88)70-66-62-58-54-50-46-41-36-32-28-24-20-16-12-8-4)76-98-102(91,92)96-72-77(84)71-95-101(89,90)97-75-78(99-82(87)69-65-61-57-53-49-45-40-35-31-27-23-19-15-11-7-3)73-93-80(85)67-63-59-55-51-47-43-39-34-30-26-22-18-14-10-6-2/h9-10,12-14,16,21-28,33-37,39-42,44,47,50-51,54,59,62-63,66,77-79,84H,5-8,11,15,17-20,29-32,38,43,45-46,48-49,52-53,55-58,60-61,64-65,67-76H2,1-4H3,(H,89,90)(H,91,92)/b13-9-,14-10-,16-12-,25-21-,26-22-,27-23-,28-24-,37-33-,39-34-,40-35-,41-36-,44-42-,51-47-,54-50-,63-59-,66-62-. The number of carbonyl (C=O) groups is 4. The second kappa shape index (κ2) is 73.2. The van der Waals surface area contributed by atoms with Crippen LogP contribution in [0.15, 0.2) is 194 Å². The molecule has 574 valence electrons. The lowest BCUT2D eigenvalue weighted by Gasteiger charge is -2.21. The lowest BCUT2D eigenvalue weighted by molar-refractivity contribution is -0.160. The first-order chi connectivity index (χ1) is 49.7. The molecule has 102 heavy (non-hydrogen) atoms. The van der Waals surface area contributed by atoms with Gasteiger partial charge >= 0.3 is 39.5 Å². The second-order valence-corrected chi connectivity index (χ2v) is 27.0. The van der Waals surface area contributed by atoms with Crippen molar-refractivity contribution in [2.45, 2.75) is 264 Å². The summed E-state index contributed by atoms with van der Waals surface area (Å²) in [6, 6.07) is 0. The molecule has 0 aromatic rings. The molecule has 0 radical (unpaired) electrons. The van der Waals surface area contributed by atoms with Crippen LogP contribution in [0, 0.1) is 0 Å². The highest BCUT2D eigenvalue weighted by Gasteiger charge is 2.30. The van der Waals surface area contributed by atoms with E-state index in [2.05, 4.69) is 174 Å². The van der Waals surface area contributed by atoms with E-state index in [1.54, 1.807) is 18.2 Å². The first-order valence-corrected chi connectivity index (χ1v) is 40.7. The molecule has 0 heterocycles. The fraction of sp³-hybridized carbons (Fsp3) is 0.566. The van der Waals surface area contributed by atoms with E-state index in [1.165, 1.54) is 19.3 Å². The number of phosphoric ester groups is 2. The van der Waals surface area contributed by atoms with Crippen LogP contribution >= 0.6 is 15.6 Å². The maximum atomic E-state index is 13.1. The molecule has 0 rings (SSSR count). The van der Waals surface area contributed by atoms with Gasteiger partial charge in [-0.25, -0.2) is 9.13 Å². The van der Waals surface area contributed by atoms with Gasteiger partial charge in [0.15, 0.2) is 12.2 Å². The molecule has 0 aliphatic rings. The van der Waals surface area contributed by atoms with Crippen LogP contribution in [0.4, 0.5) is 0 Å². The molecule has 0 aromatic heterocycles. The lowest BCUT2D eigenvalue weighted by atomic mass is 10.1. The number of rotatable bonds is 68. The summed E-state index contributed by atoms with van der Waals surface area (Å²) in [5.41, 5.74) is 0. The van der Waals surface area contributed by atoms with E-state index in [4.69, 9.17) is 37.0 Å². The van der Waals surface area contributed by atoms with Crippen molar-refractivity contribution in [1.82, 2.24) is 0 Å². The summed E-state index contributed by atoms with van der Waals surface area (Å²) in [7, 11) is -10.0. The van der Waals surface area contributed by atoms with E-state index >= 15 is 0 Å². The number of allylic oxidation sites excluding steroid dienone is 30. The van der Waals surface area contributed by atoms with Crippen molar-refractivity contribution >= 4 is 39.5 Å². The molecule has 0 saturated heterocycles. The van der Waals surface area contributed by atoms with Gasteiger partial charge in [0.1, 0.15) is 19.3 Å². The number of phosphoric acid groups is 2. The van der Waals surface area contributed by atoms with Crippen LogP contribution < -0.4 is 0 Å². The Balaban J connectivity index is 5.55. The van der Waals surface area contributed by atoms with Crippen molar-refractivity contribution < 1.29 is 80.2 Å². The monoisotopic (exact) mass is 1460 g/mol. The average Bonchev–Trinajstić information content (AvgIpc) is 0.926. The van der Waals surface area contributed by atoms with Gasteiger partial charge in [0.25, 0.3) is 0 Å². The predicted octanol–water partition coefficient (Wildman–Crippen LogP) is 21.8. The van der Waals surface area contributed by atoms with Gasteiger partial charge in [0, 0.05) is 12.8 Å². The first kappa shape index (κ1) is 95.9. The number of carbonyl (C=O) groups excluding carboxylic acids is 4. The van der Waals surface area contributed by atoms with Gasteiger partial charge in [0.05, 0.1) is 39.3 Å². The van der Waals surface area contributed by atoms with Gasteiger partial charge in [-0.3, -0.25) is 37.3 Å². The van der Waals surface area contributed by atoms with Crippen molar-refractivity contribution in [3.8, 4) is 0 Å². The van der Waals surface area contributed by atoms with E-state index in [0.717, 1.165) is 148 Å². The van der Waals surface area contributed by atoms with Crippen molar-refractivity contribution in [3.63, 3.8) is 0 Å². The first-order valence-electron chi connectivity index (χ1n) is 37.7. The average molecular weight is 1460 g/mol. The van der Waals surface area contributed by atoms with E-state index in [0.29, 0.717) is 25.7 Å². The Bertz CT molecular complexity index is 2700. The van der Waals surface area contributed by atoms with Gasteiger partial charge < -0.3 is 33.8 Å². The lowest BCUT2D eigenvalue weighted by Crippen LogP contribution is -2.30. The van der Waals surface area contributed by atoms with Crippen LogP contribution in [-0.2, 0) is 65.4 Å². The minimum Gasteiger partial charge on any atom is -0.462 e. The number of esters is 4. The minimum atomic E-state index is -5.02. The van der Waals surface area contributed by atoms with E-state index in [9.17, 15) is 43.2 Å². The molecule has 17 nitrogen and oxygen atoms in total. The summed E-state index contributed by atoms with van der Waals surface area (Å²) in [6.45, 7) is 4.18. The summed E-state index contributed by atoms with van der Waals surface area (Å²) in [6.07, 6.45) is 89.2. The summed E-state index contributed by atoms with van der Waals surface area (Å²) >= 11 is 0. The van der Waals surface area contributed by atoms with Crippen LogP contribution in [0.25, 0.3) is 0 Å². The molecule has 0 spiro atoms. The molecule has 0 aromatic carbocycles. The Morgan fingerprint density at radius 2 is 0.559 bits per heavy atom. The van der Waals surface area contributed by atoms with Crippen LogP contribution in [-0.4, -0.2) is 96.7 Å². The highest BCUT2D eigenvalue weighted by atomic mass is 31.2. The summed E-state index contributed by atoms with van der Waals surface area (Å²) in [5, 5.41) is 10.6. The molecular weight excluding hydrogens is 1330 g/mol.